The molecule has 0 N–H and O–H groups in total. The number of likely N-dealkylation sites (N-methyl/N-ethyl adjacent to an activating group) is 1. The highest BCUT2D eigenvalue weighted by atomic mass is 16.2. The number of amides is 1. The fourth-order valence-corrected chi connectivity index (χ4v) is 3.35. The summed E-state index contributed by atoms with van der Waals surface area (Å²) < 4.78 is 1.94. The van der Waals surface area contributed by atoms with Gasteiger partial charge in [0.25, 0.3) is 0 Å². The van der Waals surface area contributed by atoms with Crippen LogP contribution in [-0.4, -0.2) is 57.7 Å². The van der Waals surface area contributed by atoms with Gasteiger partial charge in [-0.25, -0.2) is 0 Å². The molecule has 5 nitrogen and oxygen atoms in total. The minimum atomic E-state index is 0.109. The molecule has 2 saturated heterocycles. The molecule has 104 valence electrons. The van der Waals surface area contributed by atoms with Crippen molar-refractivity contribution in [2.75, 3.05) is 20.1 Å². The maximum atomic E-state index is 12.7. The molecule has 1 amide bonds. The number of aromatic nitrogens is 2. The number of hydrogen-bond donors (Lipinski definition) is 0. The Labute approximate surface area is 114 Å². The average molecular weight is 262 g/mol. The van der Waals surface area contributed by atoms with E-state index in [1.54, 1.807) is 6.20 Å². The van der Waals surface area contributed by atoms with Crippen LogP contribution in [0.1, 0.15) is 25.7 Å². The minimum absolute atomic E-state index is 0.109. The van der Waals surface area contributed by atoms with Crippen LogP contribution in [-0.2, 0) is 11.3 Å². The van der Waals surface area contributed by atoms with E-state index >= 15 is 0 Å². The van der Waals surface area contributed by atoms with Crippen molar-refractivity contribution in [3.63, 3.8) is 0 Å². The van der Waals surface area contributed by atoms with Gasteiger partial charge in [0.05, 0.1) is 18.6 Å². The van der Waals surface area contributed by atoms with Gasteiger partial charge in [0.2, 0.25) is 5.91 Å². The monoisotopic (exact) mass is 262 g/mol. The van der Waals surface area contributed by atoms with Crippen molar-refractivity contribution in [2.24, 2.45) is 0 Å². The van der Waals surface area contributed by atoms with Crippen LogP contribution < -0.4 is 0 Å². The molecular formula is C14H22N4O. The van der Waals surface area contributed by atoms with Gasteiger partial charge in [0.1, 0.15) is 0 Å². The summed E-state index contributed by atoms with van der Waals surface area (Å²) in [6.45, 7) is 2.79. The van der Waals surface area contributed by atoms with Crippen LogP contribution in [0.25, 0.3) is 0 Å². The molecule has 0 saturated carbocycles. The summed E-state index contributed by atoms with van der Waals surface area (Å²) in [6, 6.07) is 2.37. The third-order valence-corrected chi connectivity index (χ3v) is 4.42. The van der Waals surface area contributed by atoms with Crippen LogP contribution in [0.15, 0.2) is 18.5 Å². The predicted octanol–water partition coefficient (Wildman–Crippen LogP) is 0.968. The van der Waals surface area contributed by atoms with Gasteiger partial charge >= 0.3 is 0 Å². The van der Waals surface area contributed by atoms with Crippen molar-refractivity contribution in [2.45, 2.75) is 44.3 Å². The van der Waals surface area contributed by atoms with Crippen LogP contribution in [0.5, 0.6) is 0 Å². The fraction of sp³-hybridized carbons (Fsp3) is 0.714. The van der Waals surface area contributed by atoms with Gasteiger partial charge in [-0.15, -0.1) is 0 Å². The molecule has 1 aromatic heterocycles. The Bertz CT molecular complexity index is 431. The van der Waals surface area contributed by atoms with Gasteiger partial charge in [0.15, 0.2) is 0 Å². The first-order valence-corrected chi connectivity index (χ1v) is 7.24. The van der Waals surface area contributed by atoms with Gasteiger partial charge in [-0.1, -0.05) is 0 Å². The summed E-state index contributed by atoms with van der Waals surface area (Å²) in [4.78, 5) is 16.9. The molecule has 3 heterocycles. The number of carbonyl (C=O) groups excluding carboxylic acids is 1. The Morgan fingerprint density at radius 1 is 1.32 bits per heavy atom. The van der Waals surface area contributed by atoms with E-state index in [1.165, 1.54) is 0 Å². The number of rotatable bonds is 3. The topological polar surface area (TPSA) is 41.4 Å². The lowest BCUT2D eigenvalue weighted by Gasteiger charge is -2.29. The third kappa shape index (κ3) is 2.52. The molecule has 1 aromatic rings. The molecule has 2 atom stereocenters. The Balaban J connectivity index is 1.67. The molecule has 2 aliphatic rings. The molecule has 0 unspecified atom stereocenters. The summed E-state index contributed by atoms with van der Waals surface area (Å²) in [7, 11) is 2.06. The van der Waals surface area contributed by atoms with E-state index in [4.69, 9.17) is 0 Å². The molecule has 0 bridgehead atoms. The molecule has 19 heavy (non-hydrogen) atoms. The number of hydrogen-bond acceptors (Lipinski definition) is 3. The van der Waals surface area contributed by atoms with E-state index in [1.807, 2.05) is 16.9 Å². The van der Waals surface area contributed by atoms with E-state index in [2.05, 4.69) is 21.9 Å². The van der Waals surface area contributed by atoms with E-state index in [-0.39, 0.29) is 6.04 Å². The van der Waals surface area contributed by atoms with Crippen LogP contribution >= 0.6 is 0 Å². The summed E-state index contributed by atoms with van der Waals surface area (Å²) in [5.41, 5.74) is 0. The first-order chi connectivity index (χ1) is 9.25. The van der Waals surface area contributed by atoms with Crippen molar-refractivity contribution >= 4 is 5.91 Å². The third-order valence-electron chi connectivity index (χ3n) is 4.42. The lowest BCUT2D eigenvalue weighted by Crippen LogP contribution is -2.47. The Morgan fingerprint density at radius 2 is 2.16 bits per heavy atom. The highest BCUT2D eigenvalue weighted by Crippen LogP contribution is 2.24. The molecule has 0 spiro atoms. The van der Waals surface area contributed by atoms with Crippen LogP contribution in [0.2, 0.25) is 0 Å². The van der Waals surface area contributed by atoms with Crippen molar-refractivity contribution in [3.8, 4) is 0 Å². The summed E-state index contributed by atoms with van der Waals surface area (Å²) in [6.07, 6.45) is 8.15. The van der Waals surface area contributed by atoms with Crippen LogP contribution in [0.4, 0.5) is 0 Å². The fourth-order valence-electron chi connectivity index (χ4n) is 3.35. The van der Waals surface area contributed by atoms with Crippen molar-refractivity contribution in [1.82, 2.24) is 19.6 Å². The summed E-state index contributed by atoms with van der Waals surface area (Å²) in [5.74, 6) is 0.328. The molecule has 2 fully saturated rings. The zero-order valence-electron chi connectivity index (χ0n) is 11.5. The molecule has 0 aromatic carbocycles. The number of nitrogens with zero attached hydrogens (tertiary/aromatic N) is 4. The van der Waals surface area contributed by atoms with Crippen molar-refractivity contribution in [3.05, 3.63) is 18.5 Å². The summed E-state index contributed by atoms with van der Waals surface area (Å²) in [5, 5.41) is 4.25. The first-order valence-electron chi connectivity index (χ1n) is 7.24. The minimum Gasteiger partial charge on any atom is -0.336 e. The molecule has 3 rings (SSSR count). The quantitative estimate of drug-likeness (QED) is 0.815. The van der Waals surface area contributed by atoms with Crippen LogP contribution in [0, 0.1) is 0 Å². The maximum absolute atomic E-state index is 12.7. The molecule has 5 heteroatoms. The largest absolute Gasteiger partial charge is 0.336 e. The second-order valence-electron chi connectivity index (χ2n) is 5.69. The zero-order valence-corrected chi connectivity index (χ0v) is 11.5. The Kier molecular flexibility index (Phi) is 3.55. The lowest BCUT2D eigenvalue weighted by atomic mass is 10.1. The Hall–Kier alpha value is -1.36. The van der Waals surface area contributed by atoms with Gasteiger partial charge in [-0.05, 0) is 45.3 Å². The zero-order chi connectivity index (χ0) is 13.2. The predicted molar refractivity (Wildman–Crippen MR) is 72.6 cm³/mol. The maximum Gasteiger partial charge on any atom is 0.240 e. The summed E-state index contributed by atoms with van der Waals surface area (Å²) >= 11 is 0. The number of carbonyl (C=O) groups is 1. The van der Waals surface area contributed by atoms with E-state index in [0.717, 1.165) is 45.3 Å². The van der Waals surface area contributed by atoms with E-state index < -0.39 is 0 Å². The average Bonchev–Trinajstić information content (AvgIpc) is 3.10. The highest BCUT2D eigenvalue weighted by Gasteiger charge is 2.36. The second-order valence-corrected chi connectivity index (χ2v) is 5.69. The van der Waals surface area contributed by atoms with Gasteiger partial charge in [-0.3, -0.25) is 14.4 Å². The lowest BCUT2D eigenvalue weighted by molar-refractivity contribution is -0.136. The number of likely N-dealkylation sites (tertiary alicyclic amines) is 2. The van der Waals surface area contributed by atoms with E-state index in [0.29, 0.717) is 11.9 Å². The normalized spacial score (nSPS) is 28.2. The molecule has 0 radical (unpaired) electrons. The first kappa shape index (κ1) is 12.7. The Morgan fingerprint density at radius 3 is 2.84 bits per heavy atom. The van der Waals surface area contributed by atoms with E-state index in [9.17, 15) is 4.79 Å². The van der Waals surface area contributed by atoms with Gasteiger partial charge in [0, 0.05) is 18.9 Å². The van der Waals surface area contributed by atoms with Crippen molar-refractivity contribution < 1.29 is 4.79 Å². The molecule has 2 aliphatic heterocycles. The smallest absolute Gasteiger partial charge is 0.240 e. The molecular weight excluding hydrogens is 240 g/mol. The van der Waals surface area contributed by atoms with Crippen LogP contribution in [0.3, 0.4) is 0 Å². The SMILES string of the molecule is CN1CCC[C@H]1C(=O)N1CCC[C@H]1Cn1cccn1. The standard InChI is InChI=1S/C14H22N4O/c1-16-8-3-6-13(16)14(19)18-10-2-5-12(18)11-17-9-4-7-15-17/h4,7,9,12-13H,2-3,5-6,8,10-11H2,1H3/t12-,13-/m0/s1. The second kappa shape index (κ2) is 5.33. The van der Waals surface area contributed by atoms with Gasteiger partial charge in [-0.2, -0.15) is 5.10 Å². The highest BCUT2D eigenvalue weighted by molar-refractivity contribution is 5.82. The molecule has 0 aliphatic carbocycles. The van der Waals surface area contributed by atoms with Gasteiger partial charge < -0.3 is 4.90 Å². The van der Waals surface area contributed by atoms with Crippen molar-refractivity contribution in [1.29, 1.82) is 0 Å².